The molecule has 0 saturated heterocycles. The van der Waals surface area contributed by atoms with Crippen LogP contribution in [-0.4, -0.2) is 77.7 Å². The van der Waals surface area contributed by atoms with Gasteiger partial charge in [-0.3, -0.25) is 0 Å². The number of benzene rings is 1. The number of likely N-dealkylation sites (N-methyl/N-ethyl adjacent to an activating group) is 1. The molecular weight excluding hydrogens is 456 g/mol. The second-order valence-electron chi connectivity index (χ2n) is 7.40. The van der Waals surface area contributed by atoms with Crippen LogP contribution >= 0.6 is 11.3 Å². The van der Waals surface area contributed by atoms with E-state index in [9.17, 15) is 0 Å². The summed E-state index contributed by atoms with van der Waals surface area (Å²) in [7, 11) is 0. The lowest BCUT2D eigenvalue weighted by atomic mass is 10.1. The largest absolute Gasteiger partial charge is 0.408 e. The van der Waals surface area contributed by atoms with Crippen LogP contribution in [0.3, 0.4) is 0 Å². The van der Waals surface area contributed by atoms with Gasteiger partial charge in [0.25, 0.3) is 0 Å². The maximum Gasteiger partial charge on any atom is 0.408 e. The average molecular weight is 496 g/mol. The monoisotopic (exact) mass is 495 g/mol. The Morgan fingerprint density at radius 3 is 2.15 bits per heavy atom. The Hall–Kier alpha value is -1.95. The zero-order chi connectivity index (χ0) is 24.4. The molecule has 0 bridgehead atoms. The van der Waals surface area contributed by atoms with Gasteiger partial charge < -0.3 is 29.0 Å². The zero-order valence-electron chi connectivity index (χ0n) is 20.6. The number of aliphatic hydroxyl groups is 1. The van der Waals surface area contributed by atoms with Crippen molar-refractivity contribution in [3.8, 4) is 0 Å². The number of thiazole rings is 1. The fourth-order valence-electron chi connectivity index (χ4n) is 3.13. The summed E-state index contributed by atoms with van der Waals surface area (Å²) in [6.45, 7) is 13.0. The number of aromatic nitrogens is 1. The van der Waals surface area contributed by atoms with Gasteiger partial charge in [0.2, 0.25) is 0 Å². The number of hydrogen-bond acceptors (Lipinski definition) is 9. The fourth-order valence-corrected chi connectivity index (χ4v) is 3.88. The van der Waals surface area contributed by atoms with E-state index in [2.05, 4.69) is 52.6 Å². The Labute approximate surface area is 206 Å². The Morgan fingerprint density at radius 1 is 0.912 bits per heavy atom. The van der Waals surface area contributed by atoms with E-state index in [-0.39, 0.29) is 6.61 Å². The number of anilines is 1. The van der Waals surface area contributed by atoms with Gasteiger partial charge in [-0.15, -0.1) is 0 Å². The van der Waals surface area contributed by atoms with Crippen molar-refractivity contribution in [1.82, 2.24) is 0 Å². The predicted octanol–water partition coefficient (Wildman–Crippen LogP) is 3.66. The van der Waals surface area contributed by atoms with E-state index in [1.54, 1.807) is 11.3 Å². The van der Waals surface area contributed by atoms with Gasteiger partial charge in [0.1, 0.15) is 11.9 Å². The molecule has 0 amide bonds. The highest BCUT2D eigenvalue weighted by molar-refractivity contribution is 7.12. The molecular formula is C24H39N4O5S+. The van der Waals surface area contributed by atoms with Crippen LogP contribution in [0.25, 0.3) is 0 Å². The van der Waals surface area contributed by atoms with Crippen LogP contribution in [0, 0.1) is 6.92 Å². The molecule has 2 aromatic rings. The molecule has 0 atom stereocenters. The molecule has 0 radical (unpaired) electrons. The summed E-state index contributed by atoms with van der Waals surface area (Å²) in [5, 5.41) is 20.4. The second kappa shape index (κ2) is 17.5. The lowest BCUT2D eigenvalue weighted by molar-refractivity contribution is -0.676. The van der Waals surface area contributed by atoms with Crippen molar-refractivity contribution in [3.63, 3.8) is 0 Å². The molecule has 34 heavy (non-hydrogen) atoms. The van der Waals surface area contributed by atoms with E-state index >= 15 is 0 Å². The number of aryl methyl sites for hydroxylation is 2. The Kier molecular flexibility index (Phi) is 14.5. The van der Waals surface area contributed by atoms with Crippen LogP contribution in [0.5, 0.6) is 0 Å². The molecule has 0 saturated carbocycles. The third kappa shape index (κ3) is 10.5. The molecule has 190 valence electrons. The molecule has 1 heterocycles. The van der Waals surface area contributed by atoms with Crippen LogP contribution in [0.15, 0.2) is 40.0 Å². The minimum atomic E-state index is 0.0351. The molecule has 1 aromatic heterocycles. The lowest BCUT2D eigenvalue weighted by Gasteiger charge is -2.23. The van der Waals surface area contributed by atoms with Gasteiger partial charge in [0.05, 0.1) is 71.1 Å². The first-order valence-electron chi connectivity index (χ1n) is 11.9. The molecule has 9 nitrogen and oxygen atoms in total. The van der Waals surface area contributed by atoms with Crippen LogP contribution < -0.4 is 9.47 Å². The number of rotatable bonds is 19. The number of aliphatic hydroxyl groups excluding tert-OH is 1. The number of hydrogen-bond donors (Lipinski definition) is 1. The Balaban J connectivity index is 1.64. The van der Waals surface area contributed by atoms with Crippen molar-refractivity contribution < 1.29 is 28.6 Å². The van der Waals surface area contributed by atoms with Crippen LogP contribution in [0.1, 0.15) is 19.4 Å². The van der Waals surface area contributed by atoms with E-state index < -0.39 is 0 Å². The van der Waals surface area contributed by atoms with Crippen molar-refractivity contribution in [2.24, 2.45) is 10.2 Å². The minimum absolute atomic E-state index is 0.0351. The Morgan fingerprint density at radius 2 is 1.56 bits per heavy atom. The highest BCUT2D eigenvalue weighted by Crippen LogP contribution is 2.27. The van der Waals surface area contributed by atoms with Gasteiger partial charge in [-0.2, -0.15) is 0 Å². The number of nitrogens with zero attached hydrogens (tertiary/aromatic N) is 4. The smallest absolute Gasteiger partial charge is 0.394 e. The number of azo groups is 1. The quantitative estimate of drug-likeness (QED) is 0.182. The molecule has 10 heteroatoms. The molecule has 0 aliphatic rings. The van der Waals surface area contributed by atoms with Gasteiger partial charge >= 0.3 is 5.13 Å². The first-order valence-corrected chi connectivity index (χ1v) is 12.7. The van der Waals surface area contributed by atoms with Gasteiger partial charge in [-0.1, -0.05) is 0 Å². The Bertz CT molecular complexity index is 833. The summed E-state index contributed by atoms with van der Waals surface area (Å²) in [6, 6.07) is 6.26. The summed E-state index contributed by atoms with van der Waals surface area (Å²) in [5.74, 6) is 0. The third-order valence-corrected chi connectivity index (χ3v) is 5.81. The van der Waals surface area contributed by atoms with Crippen LogP contribution in [0.2, 0.25) is 0 Å². The highest BCUT2D eigenvalue weighted by atomic mass is 32.1. The van der Waals surface area contributed by atoms with E-state index in [0.717, 1.165) is 41.7 Å². The minimum Gasteiger partial charge on any atom is -0.394 e. The van der Waals surface area contributed by atoms with Gasteiger partial charge in [0, 0.05) is 24.2 Å². The van der Waals surface area contributed by atoms with E-state index in [4.69, 9.17) is 24.1 Å². The molecule has 0 unspecified atom stereocenters. The lowest BCUT2D eigenvalue weighted by Crippen LogP contribution is -2.28. The molecule has 1 aromatic carbocycles. The molecule has 1 N–H and O–H groups in total. The molecule has 2 rings (SSSR count). The van der Waals surface area contributed by atoms with E-state index in [1.807, 2.05) is 17.6 Å². The van der Waals surface area contributed by atoms with E-state index in [0.29, 0.717) is 52.9 Å². The SMILES string of the molecule is CCN(CCOCCOCCOCCOCCO)c1ccc(/N=N/c2scc[n+]2CC)c(C)c1. The van der Waals surface area contributed by atoms with Crippen molar-refractivity contribution >= 4 is 27.8 Å². The van der Waals surface area contributed by atoms with Crippen molar-refractivity contribution in [2.75, 3.05) is 77.5 Å². The maximum atomic E-state index is 8.60. The zero-order valence-corrected chi connectivity index (χ0v) is 21.5. The summed E-state index contributed by atoms with van der Waals surface area (Å²) < 4.78 is 23.8. The van der Waals surface area contributed by atoms with Crippen LogP contribution in [0.4, 0.5) is 16.5 Å². The van der Waals surface area contributed by atoms with Crippen molar-refractivity contribution in [2.45, 2.75) is 27.3 Å². The predicted molar refractivity (Wildman–Crippen MR) is 134 cm³/mol. The standard InChI is InChI=1S/C24H39N4O5S/c1-4-27(8-11-30-13-15-32-17-18-33-16-14-31-12-10-29)22-6-7-23(21(3)20-22)25-26-24-28(5-2)9-19-34-24/h6-7,9,19-20,29H,4-5,8,10-18H2,1-3H3/q+1. The topological polar surface area (TPSA) is 89.0 Å². The van der Waals surface area contributed by atoms with Gasteiger partial charge in [-0.05, 0) is 61.0 Å². The van der Waals surface area contributed by atoms with Crippen LogP contribution in [-0.2, 0) is 25.5 Å². The summed E-state index contributed by atoms with van der Waals surface area (Å²) >= 11 is 1.59. The van der Waals surface area contributed by atoms with Gasteiger partial charge in [0.15, 0.2) is 0 Å². The van der Waals surface area contributed by atoms with Crippen molar-refractivity contribution in [3.05, 3.63) is 35.3 Å². The molecule has 0 fully saturated rings. The van der Waals surface area contributed by atoms with E-state index in [1.165, 1.54) is 0 Å². The average Bonchev–Trinajstić information content (AvgIpc) is 3.31. The third-order valence-electron chi connectivity index (χ3n) is 5.03. The first kappa shape index (κ1) is 28.3. The first-order chi connectivity index (χ1) is 16.7. The summed E-state index contributed by atoms with van der Waals surface area (Å²) in [4.78, 5) is 2.28. The van der Waals surface area contributed by atoms with Gasteiger partial charge in [-0.25, -0.2) is 4.57 Å². The fraction of sp³-hybridized carbons (Fsp3) is 0.625. The second-order valence-corrected chi connectivity index (χ2v) is 8.27. The van der Waals surface area contributed by atoms with Crippen molar-refractivity contribution in [1.29, 1.82) is 0 Å². The number of ether oxygens (including phenoxy) is 4. The highest BCUT2D eigenvalue weighted by Gasteiger charge is 2.11. The molecule has 0 aliphatic carbocycles. The molecule has 0 spiro atoms. The summed E-state index contributed by atoms with van der Waals surface area (Å²) in [5.41, 5.74) is 3.13. The molecule has 0 aliphatic heterocycles. The summed E-state index contributed by atoms with van der Waals surface area (Å²) in [6.07, 6.45) is 2.02. The maximum absolute atomic E-state index is 8.60. The normalized spacial score (nSPS) is 11.5.